The molecule has 6 nitrogen and oxygen atoms in total. The summed E-state index contributed by atoms with van der Waals surface area (Å²) in [7, 11) is 3.53. The molecule has 0 atom stereocenters. The average Bonchev–Trinajstić information content (AvgIpc) is 3.08. The third-order valence-electron chi connectivity index (χ3n) is 4.36. The first-order chi connectivity index (χ1) is 13.0. The number of nitrogens with one attached hydrogen (secondary N) is 1. The molecule has 1 N–H and O–H groups in total. The van der Waals surface area contributed by atoms with Gasteiger partial charge in [0.15, 0.2) is 0 Å². The van der Waals surface area contributed by atoms with Crippen molar-refractivity contribution in [3.63, 3.8) is 0 Å². The van der Waals surface area contributed by atoms with Gasteiger partial charge in [-0.1, -0.05) is 55.0 Å². The largest absolute Gasteiger partial charge is 0.322 e. The van der Waals surface area contributed by atoms with E-state index in [9.17, 15) is 4.79 Å². The van der Waals surface area contributed by atoms with E-state index in [4.69, 9.17) is 0 Å². The first kappa shape index (κ1) is 18.6. The van der Waals surface area contributed by atoms with E-state index in [1.54, 1.807) is 29.9 Å². The normalized spacial score (nSPS) is 10.6. The summed E-state index contributed by atoms with van der Waals surface area (Å²) >= 11 is 0. The molecule has 3 rings (SSSR count). The zero-order valence-electron chi connectivity index (χ0n) is 16.0. The highest BCUT2D eigenvalue weighted by Gasteiger charge is 2.11. The van der Waals surface area contributed by atoms with E-state index in [0.29, 0.717) is 6.54 Å². The molecule has 1 heterocycles. The number of hydrogen-bond acceptors (Lipinski definition) is 3. The molecule has 140 valence electrons. The van der Waals surface area contributed by atoms with Crippen LogP contribution in [0.5, 0.6) is 0 Å². The second-order valence-corrected chi connectivity index (χ2v) is 6.69. The molecule has 0 saturated carbocycles. The minimum atomic E-state index is -0.183. The average molecular weight is 363 g/mol. The van der Waals surface area contributed by atoms with Crippen LogP contribution in [-0.2, 0) is 20.0 Å². The Labute approximate surface area is 159 Å². The fourth-order valence-corrected chi connectivity index (χ4v) is 2.90. The molecule has 3 aromatic rings. The second kappa shape index (κ2) is 8.49. The van der Waals surface area contributed by atoms with Gasteiger partial charge in [0.2, 0.25) is 0 Å². The van der Waals surface area contributed by atoms with Crippen LogP contribution in [-0.4, -0.2) is 33.0 Å². The number of aromatic nitrogens is 3. The molecule has 1 aromatic heterocycles. The Morgan fingerprint density at radius 3 is 2.26 bits per heavy atom. The summed E-state index contributed by atoms with van der Waals surface area (Å²) in [6.45, 7) is 2.59. The molecule has 0 aliphatic carbocycles. The monoisotopic (exact) mass is 363 g/mol. The third kappa shape index (κ3) is 4.94. The van der Waals surface area contributed by atoms with Crippen LogP contribution in [0.15, 0.2) is 54.7 Å². The van der Waals surface area contributed by atoms with Crippen LogP contribution >= 0.6 is 0 Å². The van der Waals surface area contributed by atoms with E-state index in [-0.39, 0.29) is 6.03 Å². The van der Waals surface area contributed by atoms with Gasteiger partial charge in [-0.15, -0.1) is 5.10 Å². The first-order valence-corrected chi connectivity index (χ1v) is 9.12. The molecular formula is C21H25N5O. The number of nitrogens with zero attached hydrogens (tertiary/aromatic N) is 4. The van der Waals surface area contributed by atoms with Crippen LogP contribution in [0.3, 0.4) is 0 Å². The van der Waals surface area contributed by atoms with Crippen LogP contribution in [0.1, 0.15) is 24.6 Å². The van der Waals surface area contributed by atoms with Crippen molar-refractivity contribution in [2.24, 2.45) is 7.05 Å². The van der Waals surface area contributed by atoms with Gasteiger partial charge in [0.05, 0.1) is 6.54 Å². The lowest BCUT2D eigenvalue weighted by molar-refractivity contribution is 0.220. The van der Waals surface area contributed by atoms with Crippen LogP contribution in [0.25, 0.3) is 11.1 Å². The topological polar surface area (TPSA) is 63.1 Å². The van der Waals surface area contributed by atoms with Gasteiger partial charge < -0.3 is 10.2 Å². The number of carbonyl (C=O) groups excluding carboxylic acids is 1. The van der Waals surface area contributed by atoms with Crippen molar-refractivity contribution in [3.8, 4) is 11.1 Å². The molecule has 0 fully saturated rings. The van der Waals surface area contributed by atoms with Gasteiger partial charge in [-0.2, -0.15) is 0 Å². The Bertz CT molecular complexity index is 884. The molecule has 27 heavy (non-hydrogen) atoms. The lowest BCUT2D eigenvalue weighted by atomic mass is 10.0. The number of urea groups is 1. The molecule has 2 amide bonds. The van der Waals surface area contributed by atoms with E-state index < -0.39 is 0 Å². The standard InChI is InChI=1S/C21H25N5O/c1-4-5-16-6-8-17(9-7-16)18-10-12-19(13-11-18)22-21(27)25(2)14-20-15-26(3)24-23-20/h6-13,15H,4-5,14H2,1-3H3,(H,22,27). The number of aryl methyl sites for hydroxylation is 2. The van der Waals surface area contributed by atoms with E-state index >= 15 is 0 Å². The van der Waals surface area contributed by atoms with Crippen molar-refractivity contribution in [1.29, 1.82) is 0 Å². The van der Waals surface area contributed by atoms with Gasteiger partial charge in [0.25, 0.3) is 0 Å². The Morgan fingerprint density at radius 1 is 1.07 bits per heavy atom. The number of anilines is 1. The van der Waals surface area contributed by atoms with Crippen LogP contribution in [0, 0.1) is 0 Å². The minimum Gasteiger partial charge on any atom is -0.322 e. The highest BCUT2D eigenvalue weighted by Crippen LogP contribution is 2.22. The molecule has 0 spiro atoms. The zero-order chi connectivity index (χ0) is 19.2. The summed E-state index contributed by atoms with van der Waals surface area (Å²) < 4.78 is 1.62. The quantitative estimate of drug-likeness (QED) is 0.717. The van der Waals surface area contributed by atoms with Crippen molar-refractivity contribution in [1.82, 2.24) is 19.9 Å². The van der Waals surface area contributed by atoms with Crippen LogP contribution in [0.2, 0.25) is 0 Å². The Morgan fingerprint density at radius 2 is 1.70 bits per heavy atom. The molecule has 0 aliphatic heterocycles. The highest BCUT2D eigenvalue weighted by molar-refractivity contribution is 5.89. The summed E-state index contributed by atoms with van der Waals surface area (Å²) in [6.07, 6.45) is 4.05. The van der Waals surface area contributed by atoms with Crippen LogP contribution < -0.4 is 5.32 Å². The Hall–Kier alpha value is -3.15. The first-order valence-electron chi connectivity index (χ1n) is 9.12. The molecule has 6 heteroatoms. The van der Waals surface area contributed by atoms with Gasteiger partial charge in [-0.3, -0.25) is 4.68 Å². The van der Waals surface area contributed by atoms with E-state index in [1.165, 1.54) is 11.1 Å². The number of amides is 2. The van der Waals surface area contributed by atoms with E-state index in [2.05, 4.69) is 46.8 Å². The van der Waals surface area contributed by atoms with Gasteiger partial charge >= 0.3 is 6.03 Å². The van der Waals surface area contributed by atoms with Gasteiger partial charge in [0.1, 0.15) is 5.69 Å². The van der Waals surface area contributed by atoms with Crippen molar-refractivity contribution >= 4 is 11.7 Å². The highest BCUT2D eigenvalue weighted by atomic mass is 16.2. The molecule has 0 radical (unpaired) electrons. The number of carbonyl (C=O) groups is 1. The minimum absolute atomic E-state index is 0.183. The maximum absolute atomic E-state index is 12.3. The molecular weight excluding hydrogens is 338 g/mol. The molecule has 0 unspecified atom stereocenters. The van der Waals surface area contributed by atoms with E-state index in [1.807, 2.05) is 24.3 Å². The van der Waals surface area contributed by atoms with E-state index in [0.717, 1.165) is 29.8 Å². The van der Waals surface area contributed by atoms with Crippen molar-refractivity contribution in [3.05, 3.63) is 66.0 Å². The second-order valence-electron chi connectivity index (χ2n) is 6.69. The zero-order valence-corrected chi connectivity index (χ0v) is 16.0. The summed E-state index contributed by atoms with van der Waals surface area (Å²) in [5.74, 6) is 0. The van der Waals surface area contributed by atoms with Crippen molar-refractivity contribution < 1.29 is 4.79 Å². The lowest BCUT2D eigenvalue weighted by Crippen LogP contribution is -2.30. The fraction of sp³-hybridized carbons (Fsp3) is 0.286. The fourth-order valence-electron chi connectivity index (χ4n) is 2.90. The molecule has 0 bridgehead atoms. The Kier molecular flexibility index (Phi) is 5.86. The predicted molar refractivity (Wildman–Crippen MR) is 107 cm³/mol. The maximum Gasteiger partial charge on any atom is 0.321 e. The number of rotatable bonds is 6. The molecule has 0 saturated heterocycles. The van der Waals surface area contributed by atoms with Gasteiger partial charge in [0, 0.05) is 26.0 Å². The third-order valence-corrected chi connectivity index (χ3v) is 4.36. The summed E-state index contributed by atoms with van der Waals surface area (Å²) in [4.78, 5) is 13.9. The molecule has 2 aromatic carbocycles. The summed E-state index contributed by atoms with van der Waals surface area (Å²) in [5, 5.41) is 10.8. The molecule has 0 aliphatic rings. The van der Waals surface area contributed by atoms with Gasteiger partial charge in [-0.25, -0.2) is 4.79 Å². The number of benzene rings is 2. The lowest BCUT2D eigenvalue weighted by Gasteiger charge is -2.16. The SMILES string of the molecule is CCCc1ccc(-c2ccc(NC(=O)N(C)Cc3cn(C)nn3)cc2)cc1. The van der Waals surface area contributed by atoms with Crippen LogP contribution in [0.4, 0.5) is 10.5 Å². The summed E-state index contributed by atoms with van der Waals surface area (Å²) in [5.41, 5.74) is 5.17. The smallest absolute Gasteiger partial charge is 0.321 e. The van der Waals surface area contributed by atoms with Crippen molar-refractivity contribution in [2.75, 3.05) is 12.4 Å². The maximum atomic E-state index is 12.3. The number of hydrogen-bond donors (Lipinski definition) is 1. The van der Waals surface area contributed by atoms with Crippen molar-refractivity contribution in [2.45, 2.75) is 26.3 Å². The summed E-state index contributed by atoms with van der Waals surface area (Å²) in [6, 6.07) is 16.3. The predicted octanol–water partition coefficient (Wildman–Crippen LogP) is 4.10. The van der Waals surface area contributed by atoms with Gasteiger partial charge in [-0.05, 0) is 35.2 Å². The Balaban J connectivity index is 1.60.